The molecule has 4 unspecified atom stereocenters. The third kappa shape index (κ3) is 3.00. The van der Waals surface area contributed by atoms with Crippen molar-refractivity contribution in [3.8, 4) is 0 Å². The number of hydrogen-bond acceptors (Lipinski definition) is 0. The Balaban J connectivity index is 2.31. The van der Waals surface area contributed by atoms with Gasteiger partial charge in [0.15, 0.2) is 0 Å². The summed E-state index contributed by atoms with van der Waals surface area (Å²) in [5.74, 6) is 3.92. The summed E-state index contributed by atoms with van der Waals surface area (Å²) in [5, 5.41) is 0. The molecule has 0 heteroatoms. The fourth-order valence-corrected chi connectivity index (χ4v) is 3.01. The summed E-state index contributed by atoms with van der Waals surface area (Å²) in [6.45, 7) is 9.68. The van der Waals surface area contributed by atoms with Crippen LogP contribution < -0.4 is 0 Å². The van der Waals surface area contributed by atoms with Crippen LogP contribution in [0.1, 0.15) is 66.2 Å². The molecule has 0 N–H and O–H groups in total. The Morgan fingerprint density at radius 1 is 0.929 bits per heavy atom. The number of unbranched alkanes of at least 4 members (excludes halogenated alkanes) is 2. The molecule has 0 heterocycles. The molecule has 0 spiro atoms. The predicted octanol–water partition coefficient (Wildman–Crippen LogP) is 4.89. The Morgan fingerprint density at radius 3 is 2.29 bits per heavy atom. The SMILES string of the molecule is CCCCCC1CCC(C)C(C)C1C. The highest BCUT2D eigenvalue weighted by molar-refractivity contribution is 4.80. The topological polar surface area (TPSA) is 0 Å². The van der Waals surface area contributed by atoms with E-state index in [-0.39, 0.29) is 0 Å². The normalized spacial score (nSPS) is 38.6. The third-order valence-corrected chi connectivity index (χ3v) is 4.64. The maximum atomic E-state index is 2.48. The Hall–Kier alpha value is 0. The van der Waals surface area contributed by atoms with E-state index in [0.717, 1.165) is 23.7 Å². The monoisotopic (exact) mass is 196 g/mol. The lowest BCUT2D eigenvalue weighted by atomic mass is 9.67. The molecule has 0 saturated heterocycles. The molecule has 4 atom stereocenters. The van der Waals surface area contributed by atoms with Crippen molar-refractivity contribution < 1.29 is 0 Å². The Bertz CT molecular complexity index is 150. The zero-order chi connectivity index (χ0) is 10.6. The van der Waals surface area contributed by atoms with Gasteiger partial charge in [-0.05, 0) is 30.1 Å². The van der Waals surface area contributed by atoms with E-state index in [9.17, 15) is 0 Å². The summed E-state index contributed by atoms with van der Waals surface area (Å²) in [5.41, 5.74) is 0. The van der Waals surface area contributed by atoms with Crippen LogP contribution in [0.3, 0.4) is 0 Å². The lowest BCUT2D eigenvalue weighted by molar-refractivity contribution is 0.117. The van der Waals surface area contributed by atoms with Gasteiger partial charge in [-0.15, -0.1) is 0 Å². The minimum Gasteiger partial charge on any atom is -0.0654 e. The molecule has 84 valence electrons. The smallest absolute Gasteiger partial charge is 0.0386 e. The van der Waals surface area contributed by atoms with Crippen LogP contribution in [0, 0.1) is 23.7 Å². The van der Waals surface area contributed by atoms with E-state index in [1.54, 1.807) is 0 Å². The summed E-state index contributed by atoms with van der Waals surface area (Å²) < 4.78 is 0. The van der Waals surface area contributed by atoms with Crippen molar-refractivity contribution in [1.82, 2.24) is 0 Å². The van der Waals surface area contributed by atoms with Crippen molar-refractivity contribution in [1.29, 1.82) is 0 Å². The lowest BCUT2D eigenvalue weighted by Crippen LogP contribution is -2.29. The average molecular weight is 196 g/mol. The molecular formula is C14H28. The second-order valence-corrected chi connectivity index (χ2v) is 5.53. The van der Waals surface area contributed by atoms with Crippen molar-refractivity contribution in [3.05, 3.63) is 0 Å². The van der Waals surface area contributed by atoms with Crippen LogP contribution in [-0.4, -0.2) is 0 Å². The van der Waals surface area contributed by atoms with Crippen molar-refractivity contribution in [2.24, 2.45) is 23.7 Å². The molecule has 1 rings (SSSR count). The first-order valence-electron chi connectivity index (χ1n) is 6.66. The Kier molecular flexibility index (Phi) is 4.98. The van der Waals surface area contributed by atoms with E-state index in [1.807, 2.05) is 0 Å². The summed E-state index contributed by atoms with van der Waals surface area (Å²) in [7, 11) is 0. The second-order valence-electron chi connectivity index (χ2n) is 5.53. The zero-order valence-electron chi connectivity index (χ0n) is 10.6. The fourth-order valence-electron chi connectivity index (χ4n) is 3.01. The van der Waals surface area contributed by atoms with Gasteiger partial charge in [0.1, 0.15) is 0 Å². The molecule has 0 aliphatic heterocycles. The summed E-state index contributed by atoms with van der Waals surface area (Å²) in [4.78, 5) is 0. The average Bonchev–Trinajstić information content (AvgIpc) is 2.18. The van der Waals surface area contributed by atoms with Crippen molar-refractivity contribution in [2.45, 2.75) is 66.2 Å². The van der Waals surface area contributed by atoms with Gasteiger partial charge in [0.05, 0.1) is 0 Å². The van der Waals surface area contributed by atoms with E-state index < -0.39 is 0 Å². The second kappa shape index (κ2) is 5.78. The van der Waals surface area contributed by atoms with Crippen LogP contribution in [0.15, 0.2) is 0 Å². The largest absolute Gasteiger partial charge is 0.0654 e. The standard InChI is InChI=1S/C14H28/c1-5-6-7-8-14-10-9-11(2)12(3)13(14)4/h11-14H,5-10H2,1-4H3. The fraction of sp³-hybridized carbons (Fsp3) is 1.00. The van der Waals surface area contributed by atoms with Gasteiger partial charge < -0.3 is 0 Å². The summed E-state index contributed by atoms with van der Waals surface area (Å²) >= 11 is 0. The van der Waals surface area contributed by atoms with Crippen molar-refractivity contribution in [2.75, 3.05) is 0 Å². The molecule has 1 aliphatic rings. The van der Waals surface area contributed by atoms with Gasteiger partial charge >= 0.3 is 0 Å². The molecule has 1 fully saturated rings. The first-order valence-corrected chi connectivity index (χ1v) is 6.66. The van der Waals surface area contributed by atoms with Crippen molar-refractivity contribution in [3.63, 3.8) is 0 Å². The van der Waals surface area contributed by atoms with Crippen LogP contribution >= 0.6 is 0 Å². The molecule has 1 aliphatic carbocycles. The highest BCUT2D eigenvalue weighted by Gasteiger charge is 2.30. The van der Waals surface area contributed by atoms with Crippen LogP contribution in [-0.2, 0) is 0 Å². The van der Waals surface area contributed by atoms with Crippen LogP contribution in [0.25, 0.3) is 0 Å². The molecule has 0 aromatic heterocycles. The van der Waals surface area contributed by atoms with Gasteiger partial charge in [-0.1, -0.05) is 59.8 Å². The summed E-state index contributed by atoms with van der Waals surface area (Å²) in [6, 6.07) is 0. The van der Waals surface area contributed by atoms with Crippen LogP contribution in [0.2, 0.25) is 0 Å². The minimum atomic E-state index is 0.954. The predicted molar refractivity (Wildman–Crippen MR) is 64.4 cm³/mol. The van der Waals surface area contributed by atoms with Crippen molar-refractivity contribution >= 4 is 0 Å². The van der Waals surface area contributed by atoms with E-state index in [1.165, 1.54) is 38.5 Å². The van der Waals surface area contributed by atoms with E-state index in [2.05, 4.69) is 27.7 Å². The van der Waals surface area contributed by atoms with Gasteiger partial charge in [0, 0.05) is 0 Å². The van der Waals surface area contributed by atoms with Gasteiger partial charge in [-0.3, -0.25) is 0 Å². The van der Waals surface area contributed by atoms with Gasteiger partial charge in [0.2, 0.25) is 0 Å². The molecule has 1 saturated carbocycles. The zero-order valence-corrected chi connectivity index (χ0v) is 10.6. The highest BCUT2D eigenvalue weighted by atomic mass is 14.4. The van der Waals surface area contributed by atoms with E-state index in [4.69, 9.17) is 0 Å². The van der Waals surface area contributed by atoms with E-state index in [0.29, 0.717) is 0 Å². The number of hydrogen-bond donors (Lipinski definition) is 0. The molecule has 0 bridgehead atoms. The first-order chi connectivity index (χ1) is 6.66. The lowest BCUT2D eigenvalue weighted by Gasteiger charge is -2.38. The van der Waals surface area contributed by atoms with Crippen LogP contribution in [0.4, 0.5) is 0 Å². The van der Waals surface area contributed by atoms with Gasteiger partial charge in [-0.2, -0.15) is 0 Å². The third-order valence-electron chi connectivity index (χ3n) is 4.64. The quantitative estimate of drug-likeness (QED) is 0.562. The molecule has 0 radical (unpaired) electrons. The maximum Gasteiger partial charge on any atom is -0.0386 e. The molecular weight excluding hydrogens is 168 g/mol. The number of rotatable bonds is 4. The minimum absolute atomic E-state index is 0.954. The Morgan fingerprint density at radius 2 is 1.64 bits per heavy atom. The molecule has 0 nitrogen and oxygen atoms in total. The molecule has 0 aromatic rings. The molecule has 14 heavy (non-hydrogen) atoms. The Labute approximate surface area is 90.5 Å². The van der Waals surface area contributed by atoms with Gasteiger partial charge in [0.25, 0.3) is 0 Å². The summed E-state index contributed by atoms with van der Waals surface area (Å²) in [6.07, 6.45) is 8.73. The van der Waals surface area contributed by atoms with Crippen LogP contribution in [0.5, 0.6) is 0 Å². The maximum absolute atomic E-state index is 2.48. The highest BCUT2D eigenvalue weighted by Crippen LogP contribution is 2.40. The molecule has 0 amide bonds. The van der Waals surface area contributed by atoms with Gasteiger partial charge in [-0.25, -0.2) is 0 Å². The first kappa shape index (κ1) is 12.1. The van der Waals surface area contributed by atoms with E-state index >= 15 is 0 Å². The molecule has 0 aromatic carbocycles.